The lowest BCUT2D eigenvalue weighted by atomic mass is 10.3. The summed E-state index contributed by atoms with van der Waals surface area (Å²) in [6.07, 6.45) is 0. The highest BCUT2D eigenvalue weighted by Gasteiger charge is 2.25. The van der Waals surface area contributed by atoms with E-state index in [1.165, 1.54) is 44.4 Å². The van der Waals surface area contributed by atoms with Gasteiger partial charge in [0.1, 0.15) is 10.6 Å². The molecule has 1 atom stereocenters. The van der Waals surface area contributed by atoms with Gasteiger partial charge < -0.3 is 10.1 Å². The second-order valence-electron chi connectivity index (χ2n) is 5.25. The van der Waals surface area contributed by atoms with Crippen molar-refractivity contribution < 1.29 is 17.9 Å². The Morgan fingerprint density at radius 1 is 1.08 bits per heavy atom. The monoisotopic (exact) mass is 436 g/mol. The SMILES string of the molecule is COc1ccc(Cl)cc1S(=O)(=O)N[C@@H](C)C(=O)Nc1cc(Cl)ccc1Cl. The van der Waals surface area contributed by atoms with Crippen molar-refractivity contribution in [2.75, 3.05) is 12.4 Å². The van der Waals surface area contributed by atoms with Gasteiger partial charge in [0.2, 0.25) is 15.9 Å². The van der Waals surface area contributed by atoms with Crippen molar-refractivity contribution in [1.82, 2.24) is 4.72 Å². The van der Waals surface area contributed by atoms with E-state index in [2.05, 4.69) is 10.0 Å². The van der Waals surface area contributed by atoms with E-state index in [1.807, 2.05) is 0 Å². The van der Waals surface area contributed by atoms with Crippen LogP contribution in [0.15, 0.2) is 41.3 Å². The van der Waals surface area contributed by atoms with Crippen LogP contribution in [0.3, 0.4) is 0 Å². The number of rotatable bonds is 6. The quantitative estimate of drug-likeness (QED) is 0.716. The summed E-state index contributed by atoms with van der Waals surface area (Å²) in [4.78, 5) is 12.1. The summed E-state index contributed by atoms with van der Waals surface area (Å²) in [6.45, 7) is 1.39. The summed E-state index contributed by atoms with van der Waals surface area (Å²) in [6, 6.07) is 7.61. The topological polar surface area (TPSA) is 84.5 Å². The minimum Gasteiger partial charge on any atom is -0.495 e. The Bertz CT molecular complexity index is 935. The van der Waals surface area contributed by atoms with E-state index in [0.29, 0.717) is 5.02 Å². The van der Waals surface area contributed by atoms with Gasteiger partial charge in [0, 0.05) is 10.0 Å². The van der Waals surface area contributed by atoms with Crippen LogP contribution in [0.2, 0.25) is 15.1 Å². The van der Waals surface area contributed by atoms with Gasteiger partial charge in [-0.05, 0) is 43.3 Å². The third-order valence-electron chi connectivity index (χ3n) is 3.33. The number of carbonyl (C=O) groups is 1. The van der Waals surface area contributed by atoms with E-state index >= 15 is 0 Å². The molecule has 6 nitrogen and oxygen atoms in total. The zero-order valence-electron chi connectivity index (χ0n) is 13.7. The van der Waals surface area contributed by atoms with Gasteiger partial charge in [-0.3, -0.25) is 4.79 Å². The Labute approximate surface area is 166 Å². The summed E-state index contributed by atoms with van der Waals surface area (Å²) < 4.78 is 32.5. The molecule has 2 aromatic carbocycles. The van der Waals surface area contributed by atoms with Crippen molar-refractivity contribution in [3.8, 4) is 5.75 Å². The molecule has 2 rings (SSSR count). The molecule has 0 aromatic heterocycles. The van der Waals surface area contributed by atoms with Crippen LogP contribution in [0, 0.1) is 0 Å². The van der Waals surface area contributed by atoms with Gasteiger partial charge in [-0.1, -0.05) is 34.8 Å². The van der Waals surface area contributed by atoms with Crippen molar-refractivity contribution >= 4 is 56.4 Å². The number of sulfonamides is 1. The maximum Gasteiger partial charge on any atom is 0.245 e. The van der Waals surface area contributed by atoms with Crippen molar-refractivity contribution in [1.29, 1.82) is 0 Å². The summed E-state index contributed by atoms with van der Waals surface area (Å²) in [5.41, 5.74) is 0.274. The maximum absolute atomic E-state index is 12.6. The molecule has 1 amide bonds. The van der Waals surface area contributed by atoms with Crippen LogP contribution in [-0.2, 0) is 14.8 Å². The number of nitrogens with one attached hydrogen (secondary N) is 2. The number of carbonyl (C=O) groups excluding carboxylic acids is 1. The molecule has 0 spiro atoms. The molecule has 0 saturated carbocycles. The number of hydrogen-bond acceptors (Lipinski definition) is 4. The van der Waals surface area contributed by atoms with E-state index < -0.39 is 22.0 Å². The molecule has 0 saturated heterocycles. The summed E-state index contributed by atoms with van der Waals surface area (Å²) in [5.74, 6) is -0.508. The van der Waals surface area contributed by atoms with Gasteiger partial charge in [-0.2, -0.15) is 4.72 Å². The predicted octanol–water partition coefficient (Wildman–Crippen LogP) is 3.96. The second-order valence-corrected chi connectivity index (χ2v) is 8.21. The van der Waals surface area contributed by atoms with E-state index in [-0.39, 0.29) is 26.4 Å². The zero-order chi connectivity index (χ0) is 19.5. The molecule has 0 aliphatic heterocycles. The number of hydrogen-bond donors (Lipinski definition) is 2. The molecule has 10 heteroatoms. The van der Waals surface area contributed by atoms with Gasteiger partial charge >= 0.3 is 0 Å². The molecule has 0 bridgehead atoms. The number of amides is 1. The summed E-state index contributed by atoms with van der Waals surface area (Å²) >= 11 is 17.7. The first-order valence-corrected chi connectivity index (χ1v) is 9.87. The molecule has 2 aromatic rings. The first-order chi connectivity index (χ1) is 12.1. The standard InChI is InChI=1S/C16H15Cl3N2O4S/c1-9(16(22)20-13-7-10(17)3-5-12(13)19)21-26(23,24)15-8-11(18)4-6-14(15)25-2/h3-9,21H,1-2H3,(H,20,22)/t9-/m0/s1. The smallest absolute Gasteiger partial charge is 0.245 e. The molecule has 0 fully saturated rings. The van der Waals surface area contributed by atoms with Crippen molar-refractivity contribution in [2.45, 2.75) is 17.9 Å². The fraction of sp³-hybridized carbons (Fsp3) is 0.188. The molecule has 140 valence electrons. The van der Waals surface area contributed by atoms with Gasteiger partial charge in [0.05, 0.1) is 23.9 Å². The summed E-state index contributed by atoms with van der Waals surface area (Å²) in [7, 11) is -2.73. The molecule has 2 N–H and O–H groups in total. The van der Waals surface area contributed by atoms with Crippen LogP contribution in [0.4, 0.5) is 5.69 Å². The zero-order valence-corrected chi connectivity index (χ0v) is 16.8. The second kappa shape index (κ2) is 8.45. The average Bonchev–Trinajstić information content (AvgIpc) is 2.57. The largest absolute Gasteiger partial charge is 0.495 e. The highest BCUT2D eigenvalue weighted by Crippen LogP contribution is 2.28. The van der Waals surface area contributed by atoms with Gasteiger partial charge in [0.25, 0.3) is 0 Å². The summed E-state index contributed by atoms with van der Waals surface area (Å²) in [5, 5.41) is 3.39. The van der Waals surface area contributed by atoms with Crippen LogP contribution < -0.4 is 14.8 Å². The van der Waals surface area contributed by atoms with Crippen molar-refractivity contribution in [3.63, 3.8) is 0 Å². The van der Waals surface area contributed by atoms with Crippen LogP contribution in [0.25, 0.3) is 0 Å². The van der Waals surface area contributed by atoms with Crippen LogP contribution in [0.1, 0.15) is 6.92 Å². The van der Waals surface area contributed by atoms with E-state index in [0.717, 1.165) is 0 Å². The first kappa shape index (κ1) is 20.8. The number of methoxy groups -OCH3 is 1. The lowest BCUT2D eigenvalue weighted by Crippen LogP contribution is -2.41. The van der Waals surface area contributed by atoms with E-state index in [1.54, 1.807) is 6.07 Å². The Morgan fingerprint density at radius 3 is 2.35 bits per heavy atom. The third-order valence-corrected chi connectivity index (χ3v) is 5.69. The number of halogens is 3. The Hall–Kier alpha value is -1.51. The molecule has 0 aliphatic rings. The minimum absolute atomic E-state index is 0.104. The van der Waals surface area contributed by atoms with Crippen LogP contribution >= 0.6 is 34.8 Å². The van der Waals surface area contributed by atoms with Crippen molar-refractivity contribution in [3.05, 3.63) is 51.5 Å². The molecule has 0 unspecified atom stereocenters. The van der Waals surface area contributed by atoms with Crippen LogP contribution in [-0.4, -0.2) is 27.5 Å². The average molecular weight is 438 g/mol. The first-order valence-electron chi connectivity index (χ1n) is 7.26. The lowest BCUT2D eigenvalue weighted by molar-refractivity contribution is -0.117. The number of anilines is 1. The highest BCUT2D eigenvalue weighted by molar-refractivity contribution is 7.89. The highest BCUT2D eigenvalue weighted by atomic mass is 35.5. The minimum atomic E-state index is -4.06. The van der Waals surface area contributed by atoms with Gasteiger partial charge in [0.15, 0.2) is 0 Å². The Morgan fingerprint density at radius 2 is 1.69 bits per heavy atom. The maximum atomic E-state index is 12.6. The molecule has 26 heavy (non-hydrogen) atoms. The normalized spacial score (nSPS) is 12.5. The lowest BCUT2D eigenvalue weighted by Gasteiger charge is -2.16. The third kappa shape index (κ3) is 5.02. The molecule has 0 aliphatic carbocycles. The van der Waals surface area contributed by atoms with Crippen molar-refractivity contribution in [2.24, 2.45) is 0 Å². The predicted molar refractivity (Wildman–Crippen MR) is 103 cm³/mol. The molecule has 0 radical (unpaired) electrons. The molecule has 0 heterocycles. The van der Waals surface area contributed by atoms with E-state index in [9.17, 15) is 13.2 Å². The molecular formula is C16H15Cl3N2O4S. The van der Waals surface area contributed by atoms with Gasteiger partial charge in [-0.25, -0.2) is 8.42 Å². The fourth-order valence-corrected chi connectivity index (χ4v) is 4.02. The van der Waals surface area contributed by atoms with E-state index in [4.69, 9.17) is 39.5 Å². The van der Waals surface area contributed by atoms with Gasteiger partial charge in [-0.15, -0.1) is 0 Å². The van der Waals surface area contributed by atoms with Crippen LogP contribution in [0.5, 0.6) is 5.75 Å². The number of ether oxygens (including phenoxy) is 1. The Kier molecular flexibility index (Phi) is 6.76. The molecular weight excluding hydrogens is 423 g/mol. The number of benzene rings is 2. The fourth-order valence-electron chi connectivity index (χ4n) is 2.04. The Balaban J connectivity index is 2.20.